The molecule has 0 aliphatic heterocycles. The number of rotatable bonds is 4. The lowest BCUT2D eigenvalue weighted by atomic mass is 10.2. The molecule has 5 N–H and O–H groups in total. The van der Waals surface area contributed by atoms with Gasteiger partial charge in [-0.3, -0.25) is 10.1 Å². The Morgan fingerprint density at radius 2 is 2.14 bits per heavy atom. The molecule has 0 fully saturated rings. The second kappa shape index (κ2) is 6.67. The summed E-state index contributed by atoms with van der Waals surface area (Å²) >= 11 is 0. The highest BCUT2D eigenvalue weighted by Crippen LogP contribution is 2.07. The number of aryl methyl sites for hydroxylation is 1. The predicted molar refractivity (Wildman–Crippen MR) is 80.2 cm³/mol. The van der Waals surface area contributed by atoms with Crippen molar-refractivity contribution in [1.82, 2.24) is 9.97 Å². The number of nitrogens with zero attached hydrogens (tertiary/aromatic N) is 1. The molecule has 7 nitrogen and oxygen atoms in total. The highest BCUT2D eigenvalue weighted by atomic mass is 16.5. The zero-order chi connectivity index (χ0) is 15.2. The van der Waals surface area contributed by atoms with Crippen molar-refractivity contribution in [2.24, 2.45) is 5.73 Å². The third-order valence-corrected chi connectivity index (χ3v) is 2.67. The quantitative estimate of drug-likeness (QED) is 0.442. The smallest absolute Gasteiger partial charge is 0.325 e. The molecular weight excluding hydrogens is 270 g/mol. The lowest BCUT2D eigenvalue weighted by molar-refractivity contribution is -0.365. The molecule has 1 heterocycles. The van der Waals surface area contributed by atoms with E-state index in [0.717, 1.165) is 11.3 Å². The number of guanidine groups is 1. The van der Waals surface area contributed by atoms with Gasteiger partial charge in [0.1, 0.15) is 5.69 Å². The summed E-state index contributed by atoms with van der Waals surface area (Å²) in [7, 11) is 1.54. The van der Waals surface area contributed by atoms with Crippen LogP contribution in [0.1, 0.15) is 11.3 Å². The topological polar surface area (TPSA) is 107 Å². The first-order chi connectivity index (χ1) is 10.1. The van der Waals surface area contributed by atoms with Crippen molar-refractivity contribution in [3.8, 4) is 0 Å². The molecule has 0 atom stereocenters. The van der Waals surface area contributed by atoms with E-state index in [1.54, 1.807) is 0 Å². The molecule has 21 heavy (non-hydrogen) atoms. The van der Waals surface area contributed by atoms with Crippen molar-refractivity contribution in [2.75, 3.05) is 12.4 Å². The van der Waals surface area contributed by atoms with Crippen LogP contribution in [0.4, 0.5) is 11.6 Å². The maximum atomic E-state index is 11.5. The van der Waals surface area contributed by atoms with Crippen molar-refractivity contribution < 1.29 is 9.73 Å². The minimum atomic E-state index is -0.275. The summed E-state index contributed by atoms with van der Waals surface area (Å²) in [5.74, 6) is 0.517. The molecule has 0 amide bonds. The van der Waals surface area contributed by atoms with Gasteiger partial charge < -0.3 is 10.5 Å². The number of H-pyrrole nitrogens is 1. The Morgan fingerprint density at radius 3 is 2.81 bits per heavy atom. The van der Waals surface area contributed by atoms with Crippen LogP contribution in [-0.4, -0.2) is 23.0 Å². The number of ether oxygens (including phenoxy) is 1. The Labute approximate surface area is 121 Å². The van der Waals surface area contributed by atoms with Gasteiger partial charge in [-0.25, -0.2) is 9.98 Å². The number of aromatic amines is 1. The number of methoxy groups -OCH3 is 1. The van der Waals surface area contributed by atoms with Crippen LogP contribution in [0.3, 0.4) is 0 Å². The molecule has 0 unspecified atom stereocenters. The van der Waals surface area contributed by atoms with Crippen LogP contribution in [0.5, 0.6) is 0 Å². The third-order valence-electron chi connectivity index (χ3n) is 2.67. The van der Waals surface area contributed by atoms with Gasteiger partial charge in [-0.15, -0.1) is 4.98 Å². The second-order valence-corrected chi connectivity index (χ2v) is 4.55. The molecule has 1 aromatic carbocycles. The minimum Gasteiger partial charge on any atom is -0.377 e. The largest absolute Gasteiger partial charge is 0.377 e. The van der Waals surface area contributed by atoms with Crippen LogP contribution in [0.15, 0.2) is 35.1 Å². The zero-order valence-electron chi connectivity index (χ0n) is 11.9. The highest BCUT2D eigenvalue weighted by Gasteiger charge is 2.06. The molecule has 0 aliphatic carbocycles. The van der Waals surface area contributed by atoms with Crippen LogP contribution < -0.4 is 21.6 Å². The van der Waals surface area contributed by atoms with Gasteiger partial charge in [-0.2, -0.15) is 0 Å². The molecule has 0 spiro atoms. The Bertz CT molecular complexity index is 691. The van der Waals surface area contributed by atoms with Crippen molar-refractivity contribution in [3.63, 3.8) is 0 Å². The number of benzene rings is 1. The molecule has 0 aliphatic rings. The highest BCUT2D eigenvalue weighted by molar-refractivity contribution is 5.88. The minimum absolute atomic E-state index is 0.254. The summed E-state index contributed by atoms with van der Waals surface area (Å²) in [6, 6.07) is 9.12. The van der Waals surface area contributed by atoms with Crippen molar-refractivity contribution in [1.29, 1.82) is 0 Å². The van der Waals surface area contributed by atoms with Crippen molar-refractivity contribution in [2.45, 2.75) is 13.5 Å². The number of aromatic nitrogens is 2. The molecule has 7 heteroatoms. The normalized spacial score (nSPS) is 11.4. The first-order valence-corrected chi connectivity index (χ1v) is 6.39. The lowest BCUT2D eigenvalue weighted by Crippen LogP contribution is -2.73. The standard InChI is InChI=1S/C14H17N5O2/c1-9-3-5-10(6-4-9)16-13(15)19-14-17-11(8-21-2)7-12(20)18-14/h3-7H,8H2,1-2H3,(H4,15,16,17,18,19,20)/p+1. The summed E-state index contributed by atoms with van der Waals surface area (Å²) in [6.07, 6.45) is 0. The molecule has 110 valence electrons. The maximum absolute atomic E-state index is 11.5. The summed E-state index contributed by atoms with van der Waals surface area (Å²) in [4.78, 5) is 21.1. The van der Waals surface area contributed by atoms with Crippen LogP contribution in [0.2, 0.25) is 0 Å². The zero-order valence-corrected chi connectivity index (χ0v) is 11.9. The predicted octanol–water partition coefficient (Wildman–Crippen LogP) is -0.636. The maximum Gasteiger partial charge on any atom is 0.325 e. The summed E-state index contributed by atoms with van der Waals surface area (Å²) in [6.45, 7) is 2.26. The fraction of sp³-hybridized carbons (Fsp3) is 0.214. The van der Waals surface area contributed by atoms with Gasteiger partial charge in [0.2, 0.25) is 0 Å². The van der Waals surface area contributed by atoms with Crippen molar-refractivity contribution >= 4 is 17.6 Å². The van der Waals surface area contributed by atoms with E-state index >= 15 is 0 Å². The van der Waals surface area contributed by atoms with Crippen LogP contribution in [0, 0.1) is 6.92 Å². The Hall–Kier alpha value is -2.67. The van der Waals surface area contributed by atoms with Gasteiger partial charge in [0.05, 0.1) is 12.3 Å². The lowest BCUT2D eigenvalue weighted by Gasteiger charge is -2.02. The van der Waals surface area contributed by atoms with Crippen molar-refractivity contribution in [3.05, 3.63) is 51.9 Å². The van der Waals surface area contributed by atoms with Gasteiger partial charge in [-0.05, 0) is 19.1 Å². The first kappa shape index (κ1) is 14.7. The molecular formula is C14H18N5O2+. The fourth-order valence-electron chi connectivity index (χ4n) is 1.74. The number of nitrogens with one attached hydrogen (secondary N) is 3. The van der Waals surface area contributed by atoms with E-state index < -0.39 is 0 Å². The second-order valence-electron chi connectivity index (χ2n) is 4.55. The van der Waals surface area contributed by atoms with E-state index in [2.05, 4.69) is 20.3 Å². The number of hydrogen-bond donors (Lipinski definition) is 4. The van der Waals surface area contributed by atoms with Gasteiger partial charge in [-0.1, -0.05) is 17.7 Å². The Kier molecular flexibility index (Phi) is 4.68. The average molecular weight is 288 g/mol. The first-order valence-electron chi connectivity index (χ1n) is 6.39. The molecule has 2 rings (SSSR count). The molecule has 0 bridgehead atoms. The average Bonchev–Trinajstić information content (AvgIpc) is 2.41. The number of anilines is 1. The molecule has 2 aromatic rings. The molecule has 0 saturated carbocycles. The molecule has 0 saturated heterocycles. The van der Waals surface area contributed by atoms with Gasteiger partial charge in [0, 0.05) is 13.2 Å². The van der Waals surface area contributed by atoms with E-state index in [4.69, 9.17) is 10.5 Å². The van der Waals surface area contributed by atoms with E-state index in [1.165, 1.54) is 13.2 Å². The monoisotopic (exact) mass is 288 g/mol. The molecule has 0 radical (unpaired) electrons. The summed E-state index contributed by atoms with van der Waals surface area (Å²) < 4.78 is 4.95. The van der Waals surface area contributed by atoms with Crippen LogP contribution in [0.25, 0.3) is 0 Å². The summed E-state index contributed by atoms with van der Waals surface area (Å²) in [5, 5.41) is 2.98. The van der Waals surface area contributed by atoms with E-state index in [1.807, 2.05) is 31.2 Å². The van der Waals surface area contributed by atoms with Crippen LogP contribution in [-0.2, 0) is 11.3 Å². The Morgan fingerprint density at radius 1 is 1.43 bits per heavy atom. The number of nitrogens with two attached hydrogens (primary N) is 1. The van der Waals surface area contributed by atoms with Crippen LogP contribution >= 0.6 is 0 Å². The van der Waals surface area contributed by atoms with Gasteiger partial charge in [0.25, 0.3) is 11.5 Å². The number of hydrogen-bond acceptors (Lipinski definition) is 3. The Balaban J connectivity index is 2.18. The SMILES string of the molecule is COCc1cc(=O)[nH]c([NH+]=C(N)Nc2ccc(C)cc2)n1. The van der Waals surface area contributed by atoms with Gasteiger partial charge in [0.15, 0.2) is 0 Å². The van der Waals surface area contributed by atoms with E-state index in [-0.39, 0.29) is 24.1 Å². The van der Waals surface area contributed by atoms with E-state index in [9.17, 15) is 4.79 Å². The van der Waals surface area contributed by atoms with E-state index in [0.29, 0.717) is 5.69 Å². The molecule has 1 aromatic heterocycles. The third kappa shape index (κ3) is 4.43. The fourth-order valence-corrected chi connectivity index (χ4v) is 1.74. The van der Waals surface area contributed by atoms with Gasteiger partial charge >= 0.3 is 5.95 Å². The summed E-state index contributed by atoms with van der Waals surface area (Å²) in [5.41, 5.74) is 8.09.